The van der Waals surface area contributed by atoms with E-state index in [1.165, 1.54) is 159 Å². The van der Waals surface area contributed by atoms with Gasteiger partial charge in [0.15, 0.2) is 0 Å². The first-order valence-corrected chi connectivity index (χ1v) is 18.4. The molecule has 1 N–H and O–H groups in total. The van der Waals surface area contributed by atoms with E-state index >= 15 is 0 Å². The van der Waals surface area contributed by atoms with Crippen LogP contribution in [0, 0.1) is 0 Å². The molecule has 0 atom stereocenters. The molecule has 0 saturated heterocycles. The van der Waals surface area contributed by atoms with Crippen LogP contribution in [0.25, 0.3) is 0 Å². The predicted octanol–water partition coefficient (Wildman–Crippen LogP) is 10.4. The molecule has 0 fully saturated rings. The van der Waals surface area contributed by atoms with E-state index in [1.807, 2.05) is 0 Å². The Morgan fingerprint density at radius 3 is 0.906 bits per heavy atom. The fourth-order valence-corrected chi connectivity index (χ4v) is 12.5. The molecule has 0 spiro atoms. The van der Waals surface area contributed by atoms with Gasteiger partial charge >= 0.3 is 205 Å². The summed E-state index contributed by atoms with van der Waals surface area (Å²) in [6.45, 7) is 8.10. The van der Waals surface area contributed by atoms with E-state index in [-0.39, 0.29) is 0 Å². The van der Waals surface area contributed by atoms with E-state index in [0.717, 1.165) is 0 Å². The summed E-state index contributed by atoms with van der Waals surface area (Å²) in [7, 11) is 0. The molecule has 0 aliphatic rings. The Balaban J connectivity index is 4.83. The third-order valence-electron chi connectivity index (χ3n) is 8.56. The van der Waals surface area contributed by atoms with Crippen molar-refractivity contribution in [1.82, 2.24) is 0 Å². The average molecular weight is 473 g/mol. The second kappa shape index (κ2) is 21.9. The molecule has 196 valence electrons. The zero-order valence-electron chi connectivity index (χ0n) is 23.3. The molecular formula is C30H65OP. The monoisotopic (exact) mass is 472 g/mol. The quantitative estimate of drug-likeness (QED) is 0.0980. The SMILES string of the molecule is CCCCCCCCCCP(CC)(CCO)(CCCCCCCC)CCCCCCCC. The van der Waals surface area contributed by atoms with Crippen LogP contribution in [0.2, 0.25) is 0 Å². The van der Waals surface area contributed by atoms with Crippen molar-refractivity contribution in [2.45, 2.75) is 156 Å². The summed E-state index contributed by atoms with van der Waals surface area (Å²) in [5.41, 5.74) is 0. The van der Waals surface area contributed by atoms with E-state index in [9.17, 15) is 5.11 Å². The van der Waals surface area contributed by atoms with Gasteiger partial charge in [-0.15, -0.1) is 0 Å². The number of hydrogen-bond donors (Lipinski definition) is 1. The van der Waals surface area contributed by atoms with E-state index in [2.05, 4.69) is 27.7 Å². The molecule has 0 heterocycles. The van der Waals surface area contributed by atoms with Crippen molar-refractivity contribution in [2.75, 3.05) is 37.4 Å². The van der Waals surface area contributed by atoms with Crippen LogP contribution in [0.5, 0.6) is 0 Å². The van der Waals surface area contributed by atoms with Gasteiger partial charge < -0.3 is 0 Å². The first-order valence-electron chi connectivity index (χ1n) is 15.2. The predicted molar refractivity (Wildman–Crippen MR) is 153 cm³/mol. The van der Waals surface area contributed by atoms with E-state index in [1.54, 1.807) is 0 Å². The standard InChI is InChI=1S/C30H65OP/c1-5-9-12-15-18-19-22-25-29-32(8-4,30-26-31,27-23-20-16-13-10-6-2)28-24-21-17-14-11-7-3/h31H,5-30H2,1-4H3. The molecule has 0 amide bonds. The second-order valence-electron chi connectivity index (χ2n) is 11.2. The maximum atomic E-state index is 10.2. The summed E-state index contributed by atoms with van der Waals surface area (Å²) < 4.78 is 0. The molecule has 32 heavy (non-hydrogen) atoms. The van der Waals surface area contributed by atoms with Gasteiger partial charge in [-0.2, -0.15) is 0 Å². The minimum absolute atomic E-state index is 0.439. The first-order chi connectivity index (χ1) is 15.6. The number of hydrogen-bond acceptors (Lipinski definition) is 1. The van der Waals surface area contributed by atoms with Crippen LogP contribution in [0.4, 0.5) is 0 Å². The number of unbranched alkanes of at least 4 members (excludes halogenated alkanes) is 17. The van der Waals surface area contributed by atoms with Crippen molar-refractivity contribution >= 4 is 6.60 Å². The molecule has 0 unspecified atom stereocenters. The third kappa shape index (κ3) is 15.3. The third-order valence-corrected chi connectivity index (χ3v) is 16.6. The zero-order chi connectivity index (χ0) is 23.8. The Morgan fingerprint density at radius 2 is 0.656 bits per heavy atom. The molecule has 0 saturated carbocycles. The van der Waals surface area contributed by atoms with Gasteiger partial charge in [0.05, 0.1) is 0 Å². The molecule has 0 aliphatic heterocycles. The van der Waals surface area contributed by atoms with Crippen molar-refractivity contribution in [3.05, 3.63) is 0 Å². The van der Waals surface area contributed by atoms with Crippen molar-refractivity contribution in [1.29, 1.82) is 0 Å². The van der Waals surface area contributed by atoms with Gasteiger partial charge in [0.1, 0.15) is 0 Å². The Labute approximate surface area is 205 Å². The van der Waals surface area contributed by atoms with Gasteiger partial charge in [0.2, 0.25) is 0 Å². The summed E-state index contributed by atoms with van der Waals surface area (Å²) in [6.07, 6.45) is 35.3. The fraction of sp³-hybridized carbons (Fsp3) is 1.00. The van der Waals surface area contributed by atoms with Crippen LogP contribution < -0.4 is 0 Å². The Hall–Kier alpha value is 0.390. The zero-order valence-corrected chi connectivity index (χ0v) is 24.2. The second-order valence-corrected chi connectivity index (χ2v) is 18.1. The average Bonchev–Trinajstić information content (AvgIpc) is 2.80. The van der Waals surface area contributed by atoms with Crippen molar-refractivity contribution < 1.29 is 5.11 Å². The summed E-state index contributed by atoms with van der Waals surface area (Å²) in [6, 6.07) is 0. The van der Waals surface area contributed by atoms with Crippen LogP contribution in [0.1, 0.15) is 156 Å². The van der Waals surface area contributed by atoms with E-state index in [0.29, 0.717) is 6.61 Å². The van der Waals surface area contributed by atoms with Crippen LogP contribution in [0.15, 0.2) is 0 Å². The van der Waals surface area contributed by atoms with Crippen molar-refractivity contribution in [3.8, 4) is 0 Å². The number of aliphatic hydroxyl groups is 1. The molecule has 0 aliphatic carbocycles. The molecule has 1 nitrogen and oxygen atoms in total. The van der Waals surface area contributed by atoms with Crippen molar-refractivity contribution in [3.63, 3.8) is 0 Å². The molecule has 0 radical (unpaired) electrons. The molecule has 0 aromatic rings. The summed E-state index contributed by atoms with van der Waals surface area (Å²) >= 11 is 0. The first kappa shape index (κ1) is 32.4. The number of rotatable bonds is 26. The van der Waals surface area contributed by atoms with Gasteiger partial charge in [-0.25, -0.2) is 0 Å². The maximum absolute atomic E-state index is 10.2. The summed E-state index contributed by atoms with van der Waals surface area (Å²) in [5, 5.41) is 10.2. The minimum atomic E-state index is -1.78. The van der Waals surface area contributed by atoms with Crippen LogP contribution >= 0.6 is 6.60 Å². The molecule has 0 rings (SSSR count). The summed E-state index contributed by atoms with van der Waals surface area (Å²) in [5.74, 6) is 0. The molecule has 0 aromatic carbocycles. The Kier molecular flexibility index (Phi) is 22.2. The van der Waals surface area contributed by atoms with Crippen LogP contribution in [-0.2, 0) is 0 Å². The van der Waals surface area contributed by atoms with Crippen LogP contribution in [-0.4, -0.2) is 42.5 Å². The topological polar surface area (TPSA) is 20.2 Å². The van der Waals surface area contributed by atoms with Gasteiger partial charge in [-0.1, -0.05) is 0 Å². The van der Waals surface area contributed by atoms with E-state index in [4.69, 9.17) is 0 Å². The van der Waals surface area contributed by atoms with Gasteiger partial charge in [-0.3, -0.25) is 0 Å². The summed E-state index contributed by atoms with van der Waals surface area (Å²) in [4.78, 5) is 0. The molecule has 2 heteroatoms. The van der Waals surface area contributed by atoms with Gasteiger partial charge in [-0.05, 0) is 0 Å². The molecular weight excluding hydrogens is 407 g/mol. The van der Waals surface area contributed by atoms with Crippen LogP contribution in [0.3, 0.4) is 0 Å². The van der Waals surface area contributed by atoms with Gasteiger partial charge in [0.25, 0.3) is 0 Å². The fourth-order valence-electron chi connectivity index (χ4n) is 5.96. The van der Waals surface area contributed by atoms with Gasteiger partial charge in [0, 0.05) is 0 Å². The normalized spacial score (nSPS) is 13.3. The Bertz CT molecular complexity index is 365. The molecule has 0 aromatic heterocycles. The Morgan fingerprint density at radius 1 is 0.375 bits per heavy atom. The van der Waals surface area contributed by atoms with E-state index < -0.39 is 6.60 Å². The number of aliphatic hydroxyl groups excluding tert-OH is 1. The molecule has 0 bridgehead atoms. The van der Waals surface area contributed by atoms with Crippen molar-refractivity contribution in [2.24, 2.45) is 0 Å².